The predicted molar refractivity (Wildman–Crippen MR) is 96.2 cm³/mol. The molecule has 2 aromatic rings. The smallest absolute Gasteiger partial charge is 0.217 e. The van der Waals surface area contributed by atoms with Gasteiger partial charge in [0.15, 0.2) is 5.71 Å². The largest absolute Gasteiger partial charge is 0.748 e. The van der Waals surface area contributed by atoms with E-state index in [0.717, 1.165) is 6.54 Å². The van der Waals surface area contributed by atoms with Crippen molar-refractivity contribution in [2.24, 2.45) is 0 Å². The molecule has 0 bridgehead atoms. The third kappa shape index (κ3) is 2.98. The molecule has 0 aromatic heterocycles. The molecule has 0 amide bonds. The van der Waals surface area contributed by atoms with Crippen LogP contribution in [-0.2, 0) is 15.5 Å². The molecular weight excluding hydrogens is 322 g/mol. The van der Waals surface area contributed by atoms with Crippen LogP contribution in [0.25, 0.3) is 10.8 Å². The van der Waals surface area contributed by atoms with E-state index in [1.165, 1.54) is 27.7 Å². The van der Waals surface area contributed by atoms with Gasteiger partial charge in [-0.25, -0.2) is 8.42 Å². The van der Waals surface area contributed by atoms with Gasteiger partial charge in [0.25, 0.3) is 0 Å². The maximum absolute atomic E-state index is 10.8. The van der Waals surface area contributed by atoms with Gasteiger partial charge in [-0.3, -0.25) is 0 Å². The molecule has 0 N–H and O–H groups in total. The van der Waals surface area contributed by atoms with Gasteiger partial charge in [0.1, 0.15) is 6.54 Å². The summed E-state index contributed by atoms with van der Waals surface area (Å²) in [6.07, 6.45) is 1.08. The monoisotopic (exact) mass is 345 g/mol. The molecule has 2 aromatic carbocycles. The van der Waals surface area contributed by atoms with E-state index in [4.69, 9.17) is 0 Å². The van der Waals surface area contributed by atoms with Gasteiger partial charge in [0, 0.05) is 24.7 Å². The summed E-state index contributed by atoms with van der Waals surface area (Å²) in [5.41, 5.74) is 3.74. The molecule has 0 saturated carbocycles. The van der Waals surface area contributed by atoms with Crippen molar-refractivity contribution in [2.75, 3.05) is 12.3 Å². The van der Waals surface area contributed by atoms with Crippen LogP contribution in [0.2, 0.25) is 0 Å². The highest BCUT2D eigenvalue weighted by Crippen LogP contribution is 2.43. The van der Waals surface area contributed by atoms with Gasteiger partial charge in [-0.2, -0.15) is 4.58 Å². The van der Waals surface area contributed by atoms with E-state index < -0.39 is 10.1 Å². The van der Waals surface area contributed by atoms with E-state index in [0.29, 0.717) is 12.8 Å². The zero-order valence-electron chi connectivity index (χ0n) is 14.4. The van der Waals surface area contributed by atoms with Crippen LogP contribution >= 0.6 is 0 Å². The van der Waals surface area contributed by atoms with Crippen molar-refractivity contribution >= 4 is 32.3 Å². The summed E-state index contributed by atoms with van der Waals surface area (Å²) in [5.74, 6) is -0.286. The van der Waals surface area contributed by atoms with Crippen molar-refractivity contribution < 1.29 is 17.5 Å². The quantitative estimate of drug-likeness (QED) is 0.473. The lowest BCUT2D eigenvalue weighted by Crippen LogP contribution is -2.26. The van der Waals surface area contributed by atoms with Gasteiger partial charge in [-0.15, -0.1) is 0 Å². The Morgan fingerprint density at radius 1 is 1.08 bits per heavy atom. The summed E-state index contributed by atoms with van der Waals surface area (Å²) in [6.45, 7) is 7.31. The SMILES string of the molecule is CC1=[N+](CCCCS(=O)(=O)[O-])c2c(ccc3ccccc23)C1(C)C. The maximum Gasteiger partial charge on any atom is 0.217 e. The first-order valence-electron chi connectivity index (χ1n) is 8.29. The first-order valence-corrected chi connectivity index (χ1v) is 9.87. The predicted octanol–water partition coefficient (Wildman–Crippen LogP) is 3.56. The Kier molecular flexibility index (Phi) is 4.26. The number of hydrogen-bond donors (Lipinski definition) is 0. The molecule has 0 aliphatic carbocycles. The molecule has 0 fully saturated rings. The van der Waals surface area contributed by atoms with Gasteiger partial charge in [-0.1, -0.05) is 30.3 Å². The number of unbranched alkanes of at least 4 members (excludes halogenated alkanes) is 1. The zero-order chi connectivity index (χ0) is 17.5. The Morgan fingerprint density at radius 3 is 2.50 bits per heavy atom. The molecule has 24 heavy (non-hydrogen) atoms. The standard InChI is InChI=1S/C19H23NO3S/c1-14-19(2,3)17-11-10-15-8-4-5-9-16(15)18(17)20(14)12-6-7-13-24(21,22)23/h4-5,8-11H,6-7,12-13H2,1-3H3. The number of hydrogen-bond acceptors (Lipinski definition) is 3. The fraction of sp³-hybridized carbons (Fsp3) is 0.421. The summed E-state index contributed by atoms with van der Waals surface area (Å²) < 4.78 is 34.7. The normalized spacial score (nSPS) is 16.7. The molecule has 1 aliphatic rings. The molecule has 1 aliphatic heterocycles. The Morgan fingerprint density at radius 2 is 1.79 bits per heavy atom. The van der Waals surface area contributed by atoms with Gasteiger partial charge >= 0.3 is 0 Å². The second-order valence-corrected chi connectivity index (χ2v) is 8.54. The highest BCUT2D eigenvalue weighted by atomic mass is 32.2. The zero-order valence-corrected chi connectivity index (χ0v) is 15.2. The van der Waals surface area contributed by atoms with Crippen LogP contribution in [0.3, 0.4) is 0 Å². The Hall–Kier alpha value is -1.72. The molecule has 0 spiro atoms. The minimum Gasteiger partial charge on any atom is -0.748 e. The second kappa shape index (κ2) is 5.97. The minimum absolute atomic E-state index is 0.0516. The number of nitrogens with zero attached hydrogens (tertiary/aromatic N) is 1. The van der Waals surface area contributed by atoms with Crippen LogP contribution in [0.15, 0.2) is 36.4 Å². The van der Waals surface area contributed by atoms with Gasteiger partial charge in [-0.05, 0) is 31.7 Å². The molecule has 4 nitrogen and oxygen atoms in total. The Bertz CT molecular complexity index is 927. The van der Waals surface area contributed by atoms with E-state index >= 15 is 0 Å². The van der Waals surface area contributed by atoms with Gasteiger partial charge in [0.2, 0.25) is 5.69 Å². The second-order valence-electron chi connectivity index (χ2n) is 7.01. The summed E-state index contributed by atoms with van der Waals surface area (Å²) in [6, 6.07) is 12.7. The van der Waals surface area contributed by atoms with E-state index in [1.54, 1.807) is 0 Å². The molecule has 0 unspecified atom stereocenters. The Balaban J connectivity index is 1.98. The number of benzene rings is 2. The summed E-state index contributed by atoms with van der Waals surface area (Å²) in [5, 5.41) is 2.42. The van der Waals surface area contributed by atoms with Crippen LogP contribution in [0.4, 0.5) is 5.69 Å². The first kappa shape index (κ1) is 17.1. The number of rotatable bonds is 5. The Labute approximate surface area is 143 Å². The first-order chi connectivity index (χ1) is 11.2. The maximum atomic E-state index is 10.8. The lowest BCUT2D eigenvalue weighted by molar-refractivity contribution is -0.438. The van der Waals surface area contributed by atoms with E-state index in [2.05, 4.69) is 49.6 Å². The highest BCUT2D eigenvalue weighted by Gasteiger charge is 2.43. The average molecular weight is 345 g/mol. The molecule has 3 rings (SSSR count). The van der Waals surface area contributed by atoms with Crippen molar-refractivity contribution in [3.05, 3.63) is 42.0 Å². The van der Waals surface area contributed by atoms with Crippen LogP contribution in [0.1, 0.15) is 39.2 Å². The number of fused-ring (bicyclic) bond motifs is 3. The van der Waals surface area contributed by atoms with Crippen molar-refractivity contribution in [3.8, 4) is 0 Å². The average Bonchev–Trinajstić information content (AvgIpc) is 2.71. The fourth-order valence-corrected chi connectivity index (χ4v) is 4.14. The van der Waals surface area contributed by atoms with E-state index in [-0.39, 0.29) is 11.2 Å². The highest BCUT2D eigenvalue weighted by molar-refractivity contribution is 7.85. The molecule has 0 saturated heterocycles. The molecule has 0 atom stereocenters. The van der Waals surface area contributed by atoms with E-state index in [1.807, 2.05) is 12.1 Å². The minimum atomic E-state index is -4.13. The third-order valence-corrected chi connectivity index (χ3v) is 5.97. The molecule has 5 heteroatoms. The lowest BCUT2D eigenvalue weighted by atomic mass is 9.81. The van der Waals surface area contributed by atoms with Crippen LogP contribution in [-0.4, -0.2) is 35.6 Å². The van der Waals surface area contributed by atoms with Crippen molar-refractivity contribution in [1.82, 2.24) is 0 Å². The van der Waals surface area contributed by atoms with Crippen molar-refractivity contribution in [2.45, 2.75) is 39.0 Å². The van der Waals surface area contributed by atoms with Crippen LogP contribution < -0.4 is 0 Å². The molecule has 1 heterocycles. The molecule has 128 valence electrons. The van der Waals surface area contributed by atoms with Gasteiger partial charge in [0.05, 0.1) is 20.9 Å². The molecular formula is C19H23NO3S. The third-order valence-electron chi connectivity index (χ3n) is 5.18. The van der Waals surface area contributed by atoms with Crippen molar-refractivity contribution in [1.29, 1.82) is 0 Å². The summed E-state index contributed by atoms with van der Waals surface area (Å²) >= 11 is 0. The van der Waals surface area contributed by atoms with Gasteiger partial charge < -0.3 is 4.55 Å². The fourth-order valence-electron chi connectivity index (χ4n) is 3.58. The van der Waals surface area contributed by atoms with Crippen LogP contribution in [0.5, 0.6) is 0 Å². The molecule has 0 radical (unpaired) electrons. The summed E-state index contributed by atoms with van der Waals surface area (Å²) in [4.78, 5) is 0. The van der Waals surface area contributed by atoms with Crippen LogP contribution in [0, 0.1) is 0 Å². The summed E-state index contributed by atoms with van der Waals surface area (Å²) in [7, 11) is -4.13. The van der Waals surface area contributed by atoms with E-state index in [9.17, 15) is 13.0 Å². The lowest BCUT2D eigenvalue weighted by Gasteiger charge is -2.15. The topological polar surface area (TPSA) is 60.2 Å². The van der Waals surface area contributed by atoms with Crippen molar-refractivity contribution in [3.63, 3.8) is 0 Å².